The van der Waals surface area contributed by atoms with Gasteiger partial charge in [-0.25, -0.2) is 4.79 Å². The van der Waals surface area contributed by atoms with Crippen LogP contribution in [0.1, 0.15) is 44.9 Å². The number of ketones is 1. The van der Waals surface area contributed by atoms with Crippen molar-refractivity contribution >= 4 is 22.8 Å². The zero-order valence-corrected chi connectivity index (χ0v) is 16.6. The van der Waals surface area contributed by atoms with E-state index in [-0.39, 0.29) is 18.5 Å². The fourth-order valence-corrected chi connectivity index (χ4v) is 3.74. The zero-order chi connectivity index (χ0) is 20.4. The van der Waals surface area contributed by atoms with E-state index in [1.807, 2.05) is 19.9 Å². The summed E-state index contributed by atoms with van der Waals surface area (Å²) in [7, 11) is 0. The molecular formula is C22H23N3O4. The van der Waals surface area contributed by atoms with Gasteiger partial charge in [-0.1, -0.05) is 0 Å². The molecule has 1 saturated heterocycles. The Morgan fingerprint density at radius 3 is 2.72 bits per heavy atom. The van der Waals surface area contributed by atoms with Crippen LogP contribution in [0.25, 0.3) is 11.0 Å². The van der Waals surface area contributed by atoms with E-state index in [0.717, 1.165) is 37.4 Å². The fourth-order valence-electron chi connectivity index (χ4n) is 3.74. The van der Waals surface area contributed by atoms with Crippen LogP contribution in [0.2, 0.25) is 0 Å². The number of Topliss-reactive ketones (excluding diaryl/α,β-unsaturated/α-hetero) is 1. The summed E-state index contributed by atoms with van der Waals surface area (Å²) in [5.74, 6) is -0.773. The van der Waals surface area contributed by atoms with E-state index in [9.17, 15) is 9.59 Å². The minimum absolute atomic E-state index is 0.191. The van der Waals surface area contributed by atoms with Gasteiger partial charge in [0.2, 0.25) is 5.78 Å². The van der Waals surface area contributed by atoms with Gasteiger partial charge in [0.05, 0.1) is 22.7 Å². The molecule has 7 heteroatoms. The first-order valence-electron chi connectivity index (χ1n) is 9.72. The standard InChI is InChI=1S/C22H23N3O4/c1-14-10-18(15(2)25(14)12-17-4-3-9-28-17)21(26)13-29-22(27)16-5-6-19-20(11-16)24-8-7-23-19/h5-8,10-11,17H,3-4,9,12-13H2,1-2H3/t17-/m1/s1. The van der Waals surface area contributed by atoms with Crippen molar-refractivity contribution in [2.45, 2.75) is 39.3 Å². The van der Waals surface area contributed by atoms with Crippen molar-refractivity contribution in [3.63, 3.8) is 0 Å². The highest BCUT2D eigenvalue weighted by Gasteiger charge is 2.22. The number of aryl methyl sites for hydroxylation is 1. The Morgan fingerprint density at radius 1 is 1.17 bits per heavy atom. The molecule has 0 unspecified atom stereocenters. The van der Waals surface area contributed by atoms with Crippen molar-refractivity contribution in [3.8, 4) is 0 Å². The smallest absolute Gasteiger partial charge is 0.338 e. The first kappa shape index (κ1) is 19.3. The summed E-state index contributed by atoms with van der Waals surface area (Å²) in [6.45, 7) is 5.12. The maximum absolute atomic E-state index is 12.7. The number of carbonyl (C=O) groups excluding carboxylic acids is 2. The number of carbonyl (C=O) groups is 2. The molecule has 1 aromatic carbocycles. The van der Waals surface area contributed by atoms with Crippen molar-refractivity contribution in [3.05, 3.63) is 59.2 Å². The molecule has 29 heavy (non-hydrogen) atoms. The molecule has 0 radical (unpaired) electrons. The minimum atomic E-state index is -0.556. The monoisotopic (exact) mass is 393 g/mol. The van der Waals surface area contributed by atoms with Crippen LogP contribution in [0.3, 0.4) is 0 Å². The van der Waals surface area contributed by atoms with Crippen molar-refractivity contribution in [1.82, 2.24) is 14.5 Å². The molecule has 1 aliphatic heterocycles. The van der Waals surface area contributed by atoms with Crippen LogP contribution in [-0.4, -0.2) is 45.6 Å². The van der Waals surface area contributed by atoms with Gasteiger partial charge in [0.25, 0.3) is 0 Å². The normalized spacial score (nSPS) is 16.3. The number of nitrogens with zero attached hydrogens (tertiary/aromatic N) is 3. The van der Waals surface area contributed by atoms with Gasteiger partial charge >= 0.3 is 5.97 Å². The Labute approximate surface area is 168 Å². The van der Waals surface area contributed by atoms with Crippen molar-refractivity contribution in [1.29, 1.82) is 0 Å². The molecule has 0 aliphatic carbocycles. The molecule has 4 rings (SSSR count). The van der Waals surface area contributed by atoms with Crippen LogP contribution in [-0.2, 0) is 16.0 Å². The molecule has 0 N–H and O–H groups in total. The summed E-state index contributed by atoms with van der Waals surface area (Å²) in [5.41, 5.74) is 4.10. The van der Waals surface area contributed by atoms with Gasteiger partial charge in [0.15, 0.2) is 6.61 Å². The molecule has 3 aromatic rings. The third kappa shape index (κ3) is 4.05. The summed E-state index contributed by atoms with van der Waals surface area (Å²) >= 11 is 0. The van der Waals surface area contributed by atoms with Gasteiger partial charge < -0.3 is 14.0 Å². The molecule has 1 fully saturated rings. The second-order valence-electron chi connectivity index (χ2n) is 7.29. The SMILES string of the molecule is Cc1cc(C(=O)COC(=O)c2ccc3nccnc3c2)c(C)n1C[C@H]1CCCO1. The Balaban J connectivity index is 1.43. The quantitative estimate of drug-likeness (QED) is 0.472. The molecule has 1 atom stereocenters. The van der Waals surface area contributed by atoms with Gasteiger partial charge in [-0.05, 0) is 51.0 Å². The molecule has 0 amide bonds. The Kier molecular flexibility index (Phi) is 5.40. The molecule has 3 heterocycles. The summed E-state index contributed by atoms with van der Waals surface area (Å²) in [6, 6.07) is 6.80. The molecule has 1 aliphatic rings. The highest BCUT2D eigenvalue weighted by atomic mass is 16.5. The second-order valence-corrected chi connectivity index (χ2v) is 7.29. The van der Waals surface area contributed by atoms with Gasteiger partial charge in [0, 0.05) is 42.5 Å². The van der Waals surface area contributed by atoms with Gasteiger partial charge in [-0.2, -0.15) is 0 Å². The number of esters is 1. The largest absolute Gasteiger partial charge is 0.454 e. The predicted molar refractivity (Wildman–Crippen MR) is 107 cm³/mol. The third-order valence-corrected chi connectivity index (χ3v) is 5.32. The van der Waals surface area contributed by atoms with Crippen LogP contribution < -0.4 is 0 Å². The average molecular weight is 393 g/mol. The summed E-state index contributed by atoms with van der Waals surface area (Å²) in [4.78, 5) is 33.4. The Hall–Kier alpha value is -3.06. The molecular weight excluding hydrogens is 370 g/mol. The van der Waals surface area contributed by atoms with Crippen molar-refractivity contribution < 1.29 is 19.1 Å². The van der Waals surface area contributed by atoms with Crippen LogP contribution in [0.5, 0.6) is 0 Å². The highest BCUT2D eigenvalue weighted by molar-refractivity contribution is 6.01. The number of hydrogen-bond acceptors (Lipinski definition) is 6. The summed E-state index contributed by atoms with van der Waals surface area (Å²) in [6.07, 6.45) is 5.46. The topological polar surface area (TPSA) is 83.3 Å². The van der Waals surface area contributed by atoms with Crippen LogP contribution >= 0.6 is 0 Å². The van der Waals surface area contributed by atoms with Gasteiger partial charge in [-0.15, -0.1) is 0 Å². The van der Waals surface area contributed by atoms with E-state index < -0.39 is 5.97 Å². The molecule has 2 aromatic heterocycles. The van der Waals surface area contributed by atoms with E-state index in [2.05, 4.69) is 14.5 Å². The lowest BCUT2D eigenvalue weighted by Gasteiger charge is -2.14. The Morgan fingerprint density at radius 2 is 1.97 bits per heavy atom. The number of ether oxygens (including phenoxy) is 2. The second kappa shape index (κ2) is 8.13. The zero-order valence-electron chi connectivity index (χ0n) is 16.6. The molecule has 0 saturated carbocycles. The number of fused-ring (bicyclic) bond motifs is 1. The minimum Gasteiger partial charge on any atom is -0.454 e. The van der Waals surface area contributed by atoms with E-state index in [4.69, 9.17) is 9.47 Å². The van der Waals surface area contributed by atoms with Crippen LogP contribution in [0.4, 0.5) is 0 Å². The summed E-state index contributed by atoms with van der Waals surface area (Å²) in [5, 5.41) is 0. The molecule has 150 valence electrons. The van der Waals surface area contributed by atoms with E-state index >= 15 is 0 Å². The molecule has 0 spiro atoms. The lowest BCUT2D eigenvalue weighted by molar-refractivity contribution is 0.0474. The number of aromatic nitrogens is 3. The van der Waals surface area contributed by atoms with E-state index in [0.29, 0.717) is 22.2 Å². The first-order valence-corrected chi connectivity index (χ1v) is 9.72. The highest BCUT2D eigenvalue weighted by Crippen LogP contribution is 2.21. The molecule has 0 bridgehead atoms. The van der Waals surface area contributed by atoms with Gasteiger partial charge in [0.1, 0.15) is 0 Å². The van der Waals surface area contributed by atoms with Crippen LogP contribution in [0, 0.1) is 13.8 Å². The van der Waals surface area contributed by atoms with Crippen molar-refractivity contribution in [2.24, 2.45) is 0 Å². The van der Waals surface area contributed by atoms with E-state index in [1.165, 1.54) is 0 Å². The summed E-state index contributed by atoms with van der Waals surface area (Å²) < 4.78 is 13.1. The van der Waals surface area contributed by atoms with Crippen LogP contribution in [0.15, 0.2) is 36.7 Å². The van der Waals surface area contributed by atoms with Crippen molar-refractivity contribution in [2.75, 3.05) is 13.2 Å². The predicted octanol–water partition coefficient (Wildman–Crippen LogP) is 3.27. The fraction of sp³-hybridized carbons (Fsp3) is 0.364. The maximum atomic E-state index is 12.7. The number of benzene rings is 1. The van der Waals surface area contributed by atoms with Gasteiger partial charge in [-0.3, -0.25) is 14.8 Å². The van der Waals surface area contributed by atoms with E-state index in [1.54, 1.807) is 30.6 Å². The lowest BCUT2D eigenvalue weighted by atomic mass is 10.1. The molecule has 7 nitrogen and oxygen atoms in total. The first-order chi connectivity index (χ1) is 14.0. The third-order valence-electron chi connectivity index (χ3n) is 5.32. The number of hydrogen-bond donors (Lipinski definition) is 0. The number of rotatable bonds is 6. The average Bonchev–Trinajstić information content (AvgIpc) is 3.35. The Bertz CT molecular complexity index is 1070. The maximum Gasteiger partial charge on any atom is 0.338 e. The lowest BCUT2D eigenvalue weighted by Crippen LogP contribution is -2.18.